The van der Waals surface area contributed by atoms with Crippen LogP contribution in [0.15, 0.2) is 24.3 Å². The lowest BCUT2D eigenvalue weighted by molar-refractivity contribution is 0.518. The predicted molar refractivity (Wildman–Crippen MR) is 72.1 cm³/mol. The standard InChI is InChI=1S/C14H21N3/c1-3-11(2)17-13-8-5-4-7-12(13)16-14(17)9-6-10-15/h4-5,7-8,11H,3,6,9-10,15H2,1-2H3/t11-/m1/s1. The number of aryl methyl sites for hydroxylation is 1. The molecule has 1 aromatic carbocycles. The highest BCUT2D eigenvalue weighted by Gasteiger charge is 2.13. The number of fused-ring (bicyclic) bond motifs is 1. The number of rotatable bonds is 5. The highest BCUT2D eigenvalue weighted by molar-refractivity contribution is 5.76. The molecule has 17 heavy (non-hydrogen) atoms. The molecule has 0 aliphatic carbocycles. The molecule has 0 aliphatic heterocycles. The van der Waals surface area contributed by atoms with E-state index in [9.17, 15) is 0 Å². The topological polar surface area (TPSA) is 43.8 Å². The number of benzene rings is 1. The number of nitrogens with zero attached hydrogens (tertiary/aromatic N) is 2. The van der Waals surface area contributed by atoms with Crippen molar-refractivity contribution in [1.29, 1.82) is 0 Å². The van der Waals surface area contributed by atoms with Crippen LogP contribution in [0.25, 0.3) is 11.0 Å². The van der Waals surface area contributed by atoms with Crippen LogP contribution in [0.2, 0.25) is 0 Å². The summed E-state index contributed by atoms with van der Waals surface area (Å²) in [4.78, 5) is 4.73. The Hall–Kier alpha value is -1.35. The molecule has 3 heteroatoms. The van der Waals surface area contributed by atoms with Crippen molar-refractivity contribution in [2.45, 2.75) is 39.2 Å². The van der Waals surface area contributed by atoms with E-state index < -0.39 is 0 Å². The Bertz CT molecular complexity index is 487. The number of nitrogens with two attached hydrogens (primary N) is 1. The van der Waals surface area contributed by atoms with Gasteiger partial charge in [0.1, 0.15) is 5.82 Å². The number of imidazole rings is 1. The Morgan fingerprint density at radius 2 is 2.12 bits per heavy atom. The summed E-state index contributed by atoms with van der Waals surface area (Å²) >= 11 is 0. The second kappa shape index (κ2) is 5.32. The van der Waals surface area contributed by atoms with Gasteiger partial charge in [0.2, 0.25) is 0 Å². The van der Waals surface area contributed by atoms with Gasteiger partial charge in [0.05, 0.1) is 11.0 Å². The smallest absolute Gasteiger partial charge is 0.110 e. The molecular weight excluding hydrogens is 210 g/mol. The molecule has 2 rings (SSSR count). The fraction of sp³-hybridized carbons (Fsp3) is 0.500. The molecule has 0 fully saturated rings. The van der Waals surface area contributed by atoms with Gasteiger partial charge in [-0.3, -0.25) is 0 Å². The van der Waals surface area contributed by atoms with Crippen LogP contribution in [0.5, 0.6) is 0 Å². The fourth-order valence-corrected chi connectivity index (χ4v) is 2.21. The van der Waals surface area contributed by atoms with Crippen LogP contribution in [-0.2, 0) is 6.42 Å². The Morgan fingerprint density at radius 1 is 1.35 bits per heavy atom. The van der Waals surface area contributed by atoms with E-state index in [1.54, 1.807) is 0 Å². The summed E-state index contributed by atoms with van der Waals surface area (Å²) in [6, 6.07) is 8.86. The number of aromatic nitrogens is 2. The first-order chi connectivity index (χ1) is 8.27. The average Bonchev–Trinajstić information content (AvgIpc) is 2.73. The van der Waals surface area contributed by atoms with E-state index in [4.69, 9.17) is 10.7 Å². The molecule has 3 nitrogen and oxygen atoms in total. The van der Waals surface area contributed by atoms with Crippen LogP contribution in [0.4, 0.5) is 0 Å². The third kappa shape index (κ3) is 2.34. The first kappa shape index (κ1) is 12.1. The molecule has 0 saturated carbocycles. The first-order valence-electron chi connectivity index (χ1n) is 6.43. The van der Waals surface area contributed by atoms with Gasteiger partial charge in [0.25, 0.3) is 0 Å². The summed E-state index contributed by atoms with van der Waals surface area (Å²) in [6.45, 7) is 5.19. The highest BCUT2D eigenvalue weighted by Crippen LogP contribution is 2.23. The highest BCUT2D eigenvalue weighted by atomic mass is 15.1. The number of hydrogen-bond acceptors (Lipinski definition) is 2. The fourth-order valence-electron chi connectivity index (χ4n) is 2.21. The lowest BCUT2D eigenvalue weighted by atomic mass is 10.2. The Morgan fingerprint density at radius 3 is 2.82 bits per heavy atom. The molecule has 0 aliphatic rings. The van der Waals surface area contributed by atoms with Gasteiger partial charge in [-0.05, 0) is 38.4 Å². The van der Waals surface area contributed by atoms with Crippen molar-refractivity contribution in [3.8, 4) is 0 Å². The van der Waals surface area contributed by atoms with Gasteiger partial charge in [-0.15, -0.1) is 0 Å². The van der Waals surface area contributed by atoms with Gasteiger partial charge in [0.15, 0.2) is 0 Å². The zero-order valence-electron chi connectivity index (χ0n) is 10.7. The second-order valence-corrected chi connectivity index (χ2v) is 4.54. The Labute approximate surface area is 103 Å². The van der Waals surface area contributed by atoms with Crippen LogP contribution in [-0.4, -0.2) is 16.1 Å². The monoisotopic (exact) mass is 231 g/mol. The number of hydrogen-bond donors (Lipinski definition) is 1. The molecule has 2 aromatic rings. The van der Waals surface area contributed by atoms with Crippen LogP contribution < -0.4 is 5.73 Å². The maximum absolute atomic E-state index is 5.59. The summed E-state index contributed by atoms with van der Waals surface area (Å²) in [6.07, 6.45) is 3.09. The summed E-state index contributed by atoms with van der Waals surface area (Å²) in [5.41, 5.74) is 7.93. The van der Waals surface area contributed by atoms with Gasteiger partial charge in [0, 0.05) is 12.5 Å². The maximum atomic E-state index is 5.59. The van der Waals surface area contributed by atoms with Crippen molar-refractivity contribution >= 4 is 11.0 Å². The quantitative estimate of drug-likeness (QED) is 0.860. The lowest BCUT2D eigenvalue weighted by Crippen LogP contribution is -2.10. The minimum absolute atomic E-state index is 0.496. The normalized spacial score (nSPS) is 13.1. The summed E-state index contributed by atoms with van der Waals surface area (Å²) < 4.78 is 2.37. The molecule has 92 valence electrons. The van der Waals surface area contributed by atoms with E-state index in [1.165, 1.54) is 11.3 Å². The lowest BCUT2D eigenvalue weighted by Gasteiger charge is -2.15. The predicted octanol–water partition coefficient (Wildman–Crippen LogP) is 2.90. The average molecular weight is 231 g/mol. The van der Waals surface area contributed by atoms with Gasteiger partial charge in [-0.1, -0.05) is 19.1 Å². The van der Waals surface area contributed by atoms with Crippen molar-refractivity contribution in [3.63, 3.8) is 0 Å². The molecular formula is C14H21N3. The Kier molecular flexibility index (Phi) is 3.79. The largest absolute Gasteiger partial charge is 0.330 e. The van der Waals surface area contributed by atoms with Crippen LogP contribution >= 0.6 is 0 Å². The summed E-state index contributed by atoms with van der Waals surface area (Å²) in [5, 5.41) is 0. The molecule has 2 N–H and O–H groups in total. The van der Waals surface area contributed by atoms with Gasteiger partial charge in [-0.25, -0.2) is 4.98 Å². The zero-order chi connectivity index (χ0) is 12.3. The summed E-state index contributed by atoms with van der Waals surface area (Å²) in [7, 11) is 0. The van der Waals surface area contributed by atoms with Crippen LogP contribution in [0.3, 0.4) is 0 Å². The van der Waals surface area contributed by atoms with Gasteiger partial charge >= 0.3 is 0 Å². The molecule has 0 radical (unpaired) electrons. The minimum atomic E-state index is 0.496. The third-order valence-electron chi connectivity index (χ3n) is 3.30. The van der Waals surface area contributed by atoms with E-state index >= 15 is 0 Å². The maximum Gasteiger partial charge on any atom is 0.110 e. The first-order valence-corrected chi connectivity index (χ1v) is 6.43. The van der Waals surface area contributed by atoms with Crippen molar-refractivity contribution in [1.82, 2.24) is 9.55 Å². The molecule has 0 bridgehead atoms. The van der Waals surface area contributed by atoms with Gasteiger partial charge in [-0.2, -0.15) is 0 Å². The Balaban J connectivity index is 2.49. The van der Waals surface area contributed by atoms with Crippen LogP contribution in [0, 0.1) is 0 Å². The van der Waals surface area contributed by atoms with Crippen molar-refractivity contribution in [3.05, 3.63) is 30.1 Å². The third-order valence-corrected chi connectivity index (χ3v) is 3.30. The second-order valence-electron chi connectivity index (χ2n) is 4.54. The number of para-hydroxylation sites is 2. The van der Waals surface area contributed by atoms with E-state index in [1.807, 2.05) is 6.07 Å². The molecule has 1 atom stereocenters. The van der Waals surface area contributed by atoms with Gasteiger partial charge < -0.3 is 10.3 Å². The van der Waals surface area contributed by atoms with Crippen molar-refractivity contribution in [2.24, 2.45) is 5.73 Å². The van der Waals surface area contributed by atoms with Crippen LogP contribution in [0.1, 0.15) is 38.6 Å². The zero-order valence-corrected chi connectivity index (χ0v) is 10.7. The molecule has 1 heterocycles. The van der Waals surface area contributed by atoms with E-state index in [2.05, 4.69) is 36.6 Å². The molecule has 1 aromatic heterocycles. The SMILES string of the molecule is CC[C@@H](C)n1c(CCCN)nc2ccccc21. The van der Waals surface area contributed by atoms with E-state index in [-0.39, 0.29) is 0 Å². The van der Waals surface area contributed by atoms with Crippen molar-refractivity contribution < 1.29 is 0 Å². The minimum Gasteiger partial charge on any atom is -0.330 e. The van der Waals surface area contributed by atoms with E-state index in [0.29, 0.717) is 6.04 Å². The molecule has 0 unspecified atom stereocenters. The van der Waals surface area contributed by atoms with E-state index in [0.717, 1.165) is 31.3 Å². The summed E-state index contributed by atoms with van der Waals surface area (Å²) in [5.74, 6) is 1.17. The molecule has 0 spiro atoms. The molecule has 0 amide bonds. The molecule has 0 saturated heterocycles. The van der Waals surface area contributed by atoms with Crippen molar-refractivity contribution in [2.75, 3.05) is 6.54 Å².